The highest BCUT2D eigenvalue weighted by molar-refractivity contribution is 5.13. The average molecular weight is 206 g/mol. The van der Waals surface area contributed by atoms with Crippen molar-refractivity contribution in [3.05, 3.63) is 12.2 Å². The maximum absolute atomic E-state index is 5.86. The van der Waals surface area contributed by atoms with E-state index in [1.165, 1.54) is 51.4 Å². The van der Waals surface area contributed by atoms with Gasteiger partial charge in [-0.3, -0.25) is 0 Å². The van der Waals surface area contributed by atoms with Crippen molar-refractivity contribution in [1.82, 2.24) is 0 Å². The highest BCUT2D eigenvalue weighted by atomic mass is 16.6. The van der Waals surface area contributed by atoms with Crippen LogP contribution in [-0.4, -0.2) is 12.2 Å². The summed E-state index contributed by atoms with van der Waals surface area (Å²) < 4.78 is 5.86. The lowest BCUT2D eigenvalue weighted by atomic mass is 9.83. The van der Waals surface area contributed by atoms with Gasteiger partial charge < -0.3 is 4.74 Å². The largest absolute Gasteiger partial charge is 0.368 e. The standard InChI is InChI=1S/C14H22O/c1-2-4-6-8-12-10-9-11(7-5-3-1)13-14(12)15-13/h9-14H,1-8H2. The second-order valence-corrected chi connectivity index (χ2v) is 5.48. The first kappa shape index (κ1) is 9.89. The van der Waals surface area contributed by atoms with Crippen molar-refractivity contribution in [2.75, 3.05) is 0 Å². The second kappa shape index (κ2) is 4.29. The van der Waals surface area contributed by atoms with E-state index < -0.39 is 0 Å². The van der Waals surface area contributed by atoms with Crippen molar-refractivity contribution in [3.8, 4) is 0 Å². The summed E-state index contributed by atoms with van der Waals surface area (Å²) in [5.74, 6) is 1.51. The summed E-state index contributed by atoms with van der Waals surface area (Å²) in [6.07, 6.45) is 17.5. The van der Waals surface area contributed by atoms with E-state index in [9.17, 15) is 0 Å². The maximum Gasteiger partial charge on any atom is 0.0910 e. The lowest BCUT2D eigenvalue weighted by Gasteiger charge is -2.19. The second-order valence-electron chi connectivity index (χ2n) is 5.48. The zero-order chi connectivity index (χ0) is 10.1. The van der Waals surface area contributed by atoms with Crippen LogP contribution in [0.5, 0.6) is 0 Å². The van der Waals surface area contributed by atoms with E-state index in [0.717, 1.165) is 11.8 Å². The molecule has 0 N–H and O–H groups in total. The van der Waals surface area contributed by atoms with Crippen LogP contribution in [0.15, 0.2) is 12.2 Å². The van der Waals surface area contributed by atoms with Crippen molar-refractivity contribution < 1.29 is 4.74 Å². The Morgan fingerprint density at radius 2 is 1.13 bits per heavy atom. The Hall–Kier alpha value is -0.300. The molecule has 1 saturated heterocycles. The summed E-state index contributed by atoms with van der Waals surface area (Å²) >= 11 is 0. The number of rotatable bonds is 0. The number of fused-ring (bicyclic) bond motifs is 5. The van der Waals surface area contributed by atoms with E-state index >= 15 is 0 Å². The maximum atomic E-state index is 5.86. The molecule has 0 amide bonds. The minimum absolute atomic E-state index is 0.611. The van der Waals surface area contributed by atoms with Crippen LogP contribution in [0.25, 0.3) is 0 Å². The van der Waals surface area contributed by atoms with Crippen LogP contribution < -0.4 is 0 Å². The molecule has 1 heteroatoms. The van der Waals surface area contributed by atoms with Crippen LogP contribution >= 0.6 is 0 Å². The fourth-order valence-corrected chi connectivity index (χ4v) is 3.32. The minimum Gasteiger partial charge on any atom is -0.368 e. The van der Waals surface area contributed by atoms with Crippen LogP contribution in [0, 0.1) is 11.8 Å². The molecular weight excluding hydrogens is 184 g/mol. The Bertz CT molecular complexity index is 222. The Morgan fingerprint density at radius 1 is 0.667 bits per heavy atom. The summed E-state index contributed by atoms with van der Waals surface area (Å²) in [4.78, 5) is 0. The number of ether oxygens (including phenoxy) is 1. The van der Waals surface area contributed by atoms with E-state index in [2.05, 4.69) is 12.2 Å². The average Bonchev–Trinajstić information content (AvgIpc) is 2.99. The van der Waals surface area contributed by atoms with Gasteiger partial charge in [-0.1, -0.05) is 50.7 Å². The van der Waals surface area contributed by atoms with Gasteiger partial charge in [-0.25, -0.2) is 0 Å². The molecule has 2 bridgehead atoms. The SMILES string of the molecule is C1=CC2CCCCCCCCC1C1OC21. The molecule has 1 aliphatic heterocycles. The summed E-state index contributed by atoms with van der Waals surface area (Å²) in [5.41, 5.74) is 0. The quantitative estimate of drug-likeness (QED) is 0.435. The van der Waals surface area contributed by atoms with E-state index in [1.807, 2.05) is 0 Å². The Kier molecular flexibility index (Phi) is 2.83. The van der Waals surface area contributed by atoms with Crippen molar-refractivity contribution in [3.63, 3.8) is 0 Å². The Labute approximate surface area is 92.9 Å². The first-order valence-electron chi connectivity index (χ1n) is 6.79. The fraction of sp³-hybridized carbons (Fsp3) is 0.857. The van der Waals surface area contributed by atoms with Crippen LogP contribution in [0.2, 0.25) is 0 Å². The highest BCUT2D eigenvalue weighted by Crippen LogP contribution is 2.44. The van der Waals surface area contributed by atoms with E-state index in [4.69, 9.17) is 4.74 Å². The fourth-order valence-electron chi connectivity index (χ4n) is 3.32. The smallest absolute Gasteiger partial charge is 0.0910 e. The summed E-state index contributed by atoms with van der Waals surface area (Å²) in [7, 11) is 0. The van der Waals surface area contributed by atoms with Crippen LogP contribution in [0.4, 0.5) is 0 Å². The summed E-state index contributed by atoms with van der Waals surface area (Å²) in [5, 5.41) is 0. The van der Waals surface area contributed by atoms with Gasteiger partial charge >= 0.3 is 0 Å². The van der Waals surface area contributed by atoms with Gasteiger partial charge in [0.25, 0.3) is 0 Å². The topological polar surface area (TPSA) is 12.5 Å². The molecule has 2 aliphatic carbocycles. The molecule has 0 radical (unpaired) electrons. The molecule has 4 unspecified atom stereocenters. The molecule has 1 nitrogen and oxygen atoms in total. The van der Waals surface area contributed by atoms with Gasteiger partial charge in [0.15, 0.2) is 0 Å². The van der Waals surface area contributed by atoms with E-state index in [1.54, 1.807) is 0 Å². The molecule has 0 aromatic heterocycles. The molecule has 0 spiro atoms. The first-order chi connectivity index (χ1) is 7.45. The lowest BCUT2D eigenvalue weighted by molar-refractivity contribution is 0.317. The number of hydrogen-bond donors (Lipinski definition) is 0. The van der Waals surface area contributed by atoms with Crippen molar-refractivity contribution in [1.29, 1.82) is 0 Å². The predicted octanol–water partition coefficient (Wildman–Crippen LogP) is 3.69. The minimum atomic E-state index is 0.611. The molecule has 15 heavy (non-hydrogen) atoms. The van der Waals surface area contributed by atoms with E-state index in [0.29, 0.717) is 12.2 Å². The van der Waals surface area contributed by atoms with Crippen molar-refractivity contribution in [2.45, 2.75) is 63.6 Å². The molecule has 0 saturated carbocycles. The monoisotopic (exact) mass is 206 g/mol. The van der Waals surface area contributed by atoms with Crippen LogP contribution in [0.3, 0.4) is 0 Å². The van der Waals surface area contributed by atoms with Crippen LogP contribution in [-0.2, 0) is 4.74 Å². The third-order valence-electron chi connectivity index (χ3n) is 4.34. The summed E-state index contributed by atoms with van der Waals surface area (Å²) in [6, 6.07) is 0. The molecule has 0 aromatic carbocycles. The van der Waals surface area contributed by atoms with Crippen LogP contribution in [0.1, 0.15) is 51.4 Å². The van der Waals surface area contributed by atoms with Gasteiger partial charge in [0.2, 0.25) is 0 Å². The molecule has 3 rings (SSSR count). The first-order valence-corrected chi connectivity index (χ1v) is 6.79. The van der Waals surface area contributed by atoms with E-state index in [-0.39, 0.29) is 0 Å². The molecule has 1 heterocycles. The zero-order valence-electron chi connectivity index (χ0n) is 9.53. The Balaban J connectivity index is 1.66. The van der Waals surface area contributed by atoms with Crippen molar-refractivity contribution in [2.24, 2.45) is 11.8 Å². The van der Waals surface area contributed by atoms with Gasteiger partial charge in [0.1, 0.15) is 0 Å². The molecule has 84 valence electrons. The van der Waals surface area contributed by atoms with Gasteiger partial charge in [-0.15, -0.1) is 0 Å². The van der Waals surface area contributed by atoms with Crippen molar-refractivity contribution >= 4 is 0 Å². The highest BCUT2D eigenvalue weighted by Gasteiger charge is 2.49. The molecule has 0 aromatic rings. The van der Waals surface area contributed by atoms with Gasteiger partial charge in [0.05, 0.1) is 12.2 Å². The van der Waals surface area contributed by atoms with Gasteiger partial charge in [-0.2, -0.15) is 0 Å². The molecule has 1 fully saturated rings. The zero-order valence-corrected chi connectivity index (χ0v) is 9.53. The lowest BCUT2D eigenvalue weighted by Crippen LogP contribution is -2.19. The normalized spacial score (nSPS) is 45.3. The molecule has 4 atom stereocenters. The predicted molar refractivity (Wildman–Crippen MR) is 61.7 cm³/mol. The van der Waals surface area contributed by atoms with Gasteiger partial charge in [-0.05, 0) is 12.8 Å². The third kappa shape index (κ3) is 2.13. The number of epoxide rings is 1. The number of hydrogen-bond acceptors (Lipinski definition) is 1. The molecular formula is C14H22O. The summed E-state index contributed by atoms with van der Waals surface area (Å²) in [6.45, 7) is 0. The molecule has 3 aliphatic rings. The third-order valence-corrected chi connectivity index (χ3v) is 4.34. The van der Waals surface area contributed by atoms with Gasteiger partial charge in [0, 0.05) is 11.8 Å². The Morgan fingerprint density at radius 3 is 1.67 bits per heavy atom.